The first-order chi connectivity index (χ1) is 15.7. The highest BCUT2D eigenvalue weighted by Gasteiger charge is 2.42. The fraction of sp³-hybridized carbons (Fsp3) is 0.348. The molecule has 33 heavy (non-hydrogen) atoms. The quantitative estimate of drug-likeness (QED) is 0.542. The van der Waals surface area contributed by atoms with Gasteiger partial charge in [-0.05, 0) is 43.2 Å². The van der Waals surface area contributed by atoms with Gasteiger partial charge in [0.25, 0.3) is 5.91 Å². The molecule has 6 nitrogen and oxygen atoms in total. The third-order valence-electron chi connectivity index (χ3n) is 5.55. The molecule has 0 bridgehead atoms. The van der Waals surface area contributed by atoms with E-state index in [0.29, 0.717) is 42.6 Å². The van der Waals surface area contributed by atoms with Crippen LogP contribution < -0.4 is 0 Å². The highest BCUT2D eigenvalue weighted by atomic mass is 35.5. The zero-order valence-electron chi connectivity index (χ0n) is 18.1. The fourth-order valence-electron chi connectivity index (χ4n) is 4.10. The van der Waals surface area contributed by atoms with Crippen LogP contribution in [-0.2, 0) is 17.5 Å². The Labute approximate surface area is 194 Å². The van der Waals surface area contributed by atoms with Gasteiger partial charge >= 0.3 is 6.18 Å². The van der Waals surface area contributed by atoms with Crippen molar-refractivity contribution >= 4 is 17.5 Å². The predicted octanol–water partition coefficient (Wildman–Crippen LogP) is 4.75. The topological polar surface area (TPSA) is 60.2 Å². The number of carbonyl (C=O) groups is 1. The minimum absolute atomic E-state index is 0.0333. The Hall–Kier alpha value is -2.91. The number of alkyl halides is 3. The second-order valence-corrected chi connectivity index (χ2v) is 8.24. The van der Waals surface area contributed by atoms with E-state index in [9.17, 15) is 18.0 Å². The average Bonchev–Trinajstić information content (AvgIpc) is 3.06. The first-order valence-corrected chi connectivity index (χ1v) is 10.8. The number of rotatable bonds is 4. The van der Waals surface area contributed by atoms with E-state index in [1.54, 1.807) is 37.3 Å². The molecule has 1 fully saturated rings. The zero-order valence-corrected chi connectivity index (χ0v) is 18.9. The van der Waals surface area contributed by atoms with Crippen LogP contribution in [0.2, 0.25) is 5.02 Å². The Balaban J connectivity index is 1.97. The van der Waals surface area contributed by atoms with E-state index in [-0.39, 0.29) is 29.2 Å². The summed E-state index contributed by atoms with van der Waals surface area (Å²) in [6.07, 6.45) is -3.20. The highest BCUT2D eigenvalue weighted by molar-refractivity contribution is 6.30. The largest absolute Gasteiger partial charge is 0.431 e. The van der Waals surface area contributed by atoms with Crippen LogP contribution in [-0.4, -0.2) is 51.6 Å². The standard InChI is InChI=1S/C23H22ClF3N4O2/c1-14-7-8-28-18(29-14)13-31-20(22(32)30-9-11-33-12-10-30)19(15(2)21(31)23(25,26)27)16-3-5-17(24)6-4-16/h3-8H,9-13H2,1-2H3. The number of benzene rings is 1. The van der Waals surface area contributed by atoms with Crippen molar-refractivity contribution < 1.29 is 22.7 Å². The third-order valence-corrected chi connectivity index (χ3v) is 5.81. The molecule has 10 heteroatoms. The van der Waals surface area contributed by atoms with Crippen molar-refractivity contribution in [1.29, 1.82) is 0 Å². The van der Waals surface area contributed by atoms with Gasteiger partial charge in [0, 0.05) is 35.6 Å². The number of ether oxygens (including phenoxy) is 1. The van der Waals surface area contributed by atoms with Crippen molar-refractivity contribution in [3.05, 3.63) is 70.0 Å². The molecular weight excluding hydrogens is 457 g/mol. The van der Waals surface area contributed by atoms with Crippen LogP contribution in [0.5, 0.6) is 0 Å². The van der Waals surface area contributed by atoms with Crippen molar-refractivity contribution in [2.75, 3.05) is 26.3 Å². The van der Waals surface area contributed by atoms with Crippen molar-refractivity contribution in [3.8, 4) is 11.1 Å². The van der Waals surface area contributed by atoms with E-state index in [4.69, 9.17) is 16.3 Å². The zero-order chi connectivity index (χ0) is 23.8. The van der Waals surface area contributed by atoms with Gasteiger partial charge in [-0.3, -0.25) is 4.79 Å². The van der Waals surface area contributed by atoms with Crippen LogP contribution in [0, 0.1) is 13.8 Å². The molecule has 4 rings (SSSR count). The summed E-state index contributed by atoms with van der Waals surface area (Å²) in [5.74, 6) is -0.302. The molecule has 0 unspecified atom stereocenters. The van der Waals surface area contributed by atoms with Crippen molar-refractivity contribution in [2.24, 2.45) is 0 Å². The fourth-order valence-corrected chi connectivity index (χ4v) is 4.22. The van der Waals surface area contributed by atoms with Gasteiger partial charge in [-0.15, -0.1) is 0 Å². The molecule has 1 amide bonds. The molecule has 2 aromatic heterocycles. The summed E-state index contributed by atoms with van der Waals surface area (Å²) < 4.78 is 49.4. The number of halogens is 4. The minimum atomic E-state index is -4.70. The summed E-state index contributed by atoms with van der Waals surface area (Å²) in [7, 11) is 0. The number of hydrogen-bond acceptors (Lipinski definition) is 4. The molecule has 0 saturated carbocycles. The maximum Gasteiger partial charge on any atom is 0.431 e. The van der Waals surface area contributed by atoms with Crippen LogP contribution in [0.4, 0.5) is 13.2 Å². The van der Waals surface area contributed by atoms with Gasteiger partial charge in [0.2, 0.25) is 0 Å². The van der Waals surface area contributed by atoms with Gasteiger partial charge in [0.1, 0.15) is 17.2 Å². The molecular formula is C23H22ClF3N4O2. The summed E-state index contributed by atoms with van der Waals surface area (Å²) in [6.45, 7) is 4.07. The normalized spacial score (nSPS) is 14.5. The molecule has 0 aliphatic carbocycles. The smallest absolute Gasteiger partial charge is 0.378 e. The van der Waals surface area contributed by atoms with Gasteiger partial charge in [-0.25, -0.2) is 9.97 Å². The van der Waals surface area contributed by atoms with E-state index in [0.717, 1.165) is 4.57 Å². The van der Waals surface area contributed by atoms with Gasteiger partial charge in [-0.1, -0.05) is 23.7 Å². The van der Waals surface area contributed by atoms with Crippen LogP contribution in [0.3, 0.4) is 0 Å². The highest BCUT2D eigenvalue weighted by Crippen LogP contribution is 2.41. The third kappa shape index (κ3) is 4.74. The number of aryl methyl sites for hydroxylation is 1. The number of hydrogen-bond donors (Lipinski definition) is 0. The number of morpholine rings is 1. The Morgan fingerprint density at radius 3 is 2.39 bits per heavy atom. The number of amides is 1. The molecule has 174 valence electrons. The van der Waals surface area contributed by atoms with E-state index >= 15 is 0 Å². The molecule has 1 saturated heterocycles. The van der Waals surface area contributed by atoms with E-state index in [1.165, 1.54) is 18.0 Å². The summed E-state index contributed by atoms with van der Waals surface area (Å²) in [5.41, 5.74) is 0.347. The van der Waals surface area contributed by atoms with Crippen LogP contribution in [0.1, 0.15) is 33.3 Å². The summed E-state index contributed by atoms with van der Waals surface area (Å²) in [4.78, 5) is 23.6. The Kier molecular flexibility index (Phi) is 6.45. The Morgan fingerprint density at radius 2 is 1.79 bits per heavy atom. The molecule has 3 aromatic rings. The van der Waals surface area contributed by atoms with Crippen molar-refractivity contribution in [2.45, 2.75) is 26.6 Å². The van der Waals surface area contributed by atoms with Crippen LogP contribution >= 0.6 is 11.6 Å². The molecule has 0 atom stereocenters. The molecule has 1 aliphatic heterocycles. The average molecular weight is 479 g/mol. The van der Waals surface area contributed by atoms with Crippen LogP contribution in [0.15, 0.2) is 36.5 Å². The lowest BCUT2D eigenvalue weighted by Crippen LogP contribution is -2.42. The molecule has 1 aliphatic rings. The van der Waals surface area contributed by atoms with E-state index in [2.05, 4.69) is 9.97 Å². The summed E-state index contributed by atoms with van der Waals surface area (Å²) >= 11 is 6.00. The maximum atomic E-state index is 14.3. The summed E-state index contributed by atoms with van der Waals surface area (Å²) in [5, 5.41) is 0.445. The van der Waals surface area contributed by atoms with Crippen molar-refractivity contribution in [1.82, 2.24) is 19.4 Å². The SMILES string of the molecule is Cc1ccnc(Cn2c(C(=O)N3CCOCC3)c(-c3ccc(Cl)cc3)c(C)c2C(F)(F)F)n1. The van der Waals surface area contributed by atoms with E-state index < -0.39 is 17.8 Å². The first-order valence-electron chi connectivity index (χ1n) is 10.4. The Bertz CT molecular complexity index is 1170. The van der Waals surface area contributed by atoms with Gasteiger partial charge in [-0.2, -0.15) is 13.2 Å². The minimum Gasteiger partial charge on any atom is -0.378 e. The van der Waals surface area contributed by atoms with Gasteiger partial charge < -0.3 is 14.2 Å². The number of aromatic nitrogens is 3. The number of carbonyl (C=O) groups excluding carboxylic acids is 1. The molecule has 0 N–H and O–H groups in total. The number of nitrogens with zero attached hydrogens (tertiary/aromatic N) is 4. The lowest BCUT2D eigenvalue weighted by atomic mass is 10.00. The molecule has 1 aromatic carbocycles. The lowest BCUT2D eigenvalue weighted by Gasteiger charge is -2.28. The monoisotopic (exact) mass is 478 g/mol. The molecule has 3 heterocycles. The molecule has 0 spiro atoms. The first kappa shape index (κ1) is 23.3. The van der Waals surface area contributed by atoms with E-state index in [1.807, 2.05) is 0 Å². The van der Waals surface area contributed by atoms with Gasteiger partial charge in [0.15, 0.2) is 0 Å². The Morgan fingerprint density at radius 1 is 1.12 bits per heavy atom. The van der Waals surface area contributed by atoms with Crippen LogP contribution in [0.25, 0.3) is 11.1 Å². The second kappa shape index (κ2) is 9.15. The second-order valence-electron chi connectivity index (χ2n) is 7.81. The lowest BCUT2D eigenvalue weighted by molar-refractivity contribution is -0.143. The predicted molar refractivity (Wildman–Crippen MR) is 117 cm³/mol. The summed E-state index contributed by atoms with van der Waals surface area (Å²) in [6, 6.07) is 8.08. The van der Waals surface area contributed by atoms with Crippen molar-refractivity contribution in [3.63, 3.8) is 0 Å². The maximum absolute atomic E-state index is 14.3. The molecule has 0 radical (unpaired) electrons. The van der Waals surface area contributed by atoms with Gasteiger partial charge in [0.05, 0.1) is 19.8 Å².